The maximum absolute atomic E-state index is 11.2. The Balaban J connectivity index is 2.62. The van der Waals surface area contributed by atoms with Crippen molar-refractivity contribution in [3.8, 4) is 0 Å². The quantitative estimate of drug-likeness (QED) is 0.637. The summed E-state index contributed by atoms with van der Waals surface area (Å²) in [6.07, 6.45) is 1.62. The van der Waals surface area contributed by atoms with Crippen molar-refractivity contribution in [3.63, 3.8) is 0 Å². The van der Waals surface area contributed by atoms with Gasteiger partial charge in [-0.1, -0.05) is 34.6 Å². The lowest BCUT2D eigenvalue weighted by atomic mass is 9.81. The molecule has 1 aliphatic carbocycles. The molecule has 1 saturated carbocycles. The Labute approximate surface area is 87.0 Å². The van der Waals surface area contributed by atoms with Gasteiger partial charge in [0.25, 0.3) is 0 Å². The molecular weight excluding hydrogens is 176 g/mol. The van der Waals surface area contributed by atoms with Gasteiger partial charge in [-0.25, -0.2) is 0 Å². The molecule has 0 amide bonds. The zero-order chi connectivity index (χ0) is 10.9. The van der Waals surface area contributed by atoms with Crippen molar-refractivity contribution in [1.29, 1.82) is 0 Å². The van der Waals surface area contributed by atoms with E-state index in [0.717, 1.165) is 6.42 Å². The van der Waals surface area contributed by atoms with Crippen LogP contribution in [-0.4, -0.2) is 12.1 Å². The lowest BCUT2D eigenvalue weighted by molar-refractivity contribution is -0.150. The minimum Gasteiger partial charge on any atom is -0.462 e. The first-order chi connectivity index (χ1) is 6.38. The van der Waals surface area contributed by atoms with Gasteiger partial charge < -0.3 is 4.74 Å². The predicted octanol–water partition coefficient (Wildman–Crippen LogP) is 3.01. The highest BCUT2D eigenvalue weighted by molar-refractivity contribution is 5.69. The van der Waals surface area contributed by atoms with Gasteiger partial charge in [-0.05, 0) is 23.7 Å². The van der Waals surface area contributed by atoms with E-state index >= 15 is 0 Å². The van der Waals surface area contributed by atoms with Gasteiger partial charge in [0.05, 0.1) is 0 Å². The van der Waals surface area contributed by atoms with Crippen molar-refractivity contribution in [1.82, 2.24) is 0 Å². The van der Waals surface area contributed by atoms with E-state index in [2.05, 4.69) is 27.7 Å². The molecule has 2 heteroatoms. The van der Waals surface area contributed by atoms with Crippen molar-refractivity contribution in [2.75, 3.05) is 0 Å². The van der Waals surface area contributed by atoms with Gasteiger partial charge in [0, 0.05) is 6.42 Å². The molecule has 1 rings (SSSR count). The second kappa shape index (κ2) is 3.92. The van der Waals surface area contributed by atoms with Crippen LogP contribution < -0.4 is 0 Å². The number of carbonyl (C=O) groups excluding carboxylic acids is 1. The fourth-order valence-electron chi connectivity index (χ4n) is 2.33. The monoisotopic (exact) mass is 198 g/mol. The number of esters is 1. The highest BCUT2D eigenvalue weighted by atomic mass is 16.5. The van der Waals surface area contributed by atoms with Crippen LogP contribution in [0.4, 0.5) is 0 Å². The van der Waals surface area contributed by atoms with Crippen LogP contribution in [0.5, 0.6) is 0 Å². The molecule has 0 aliphatic heterocycles. The van der Waals surface area contributed by atoms with E-state index in [0.29, 0.717) is 23.7 Å². The summed E-state index contributed by atoms with van der Waals surface area (Å²) in [5, 5.41) is 0. The van der Waals surface area contributed by atoms with Gasteiger partial charge in [0.2, 0.25) is 0 Å². The Bertz CT molecular complexity index is 220. The van der Waals surface area contributed by atoms with Crippen molar-refractivity contribution >= 4 is 5.97 Å². The molecule has 82 valence electrons. The molecule has 0 aromatic heterocycles. The topological polar surface area (TPSA) is 26.3 Å². The third kappa shape index (κ3) is 2.10. The molecule has 1 aliphatic rings. The third-order valence-corrected chi connectivity index (χ3v) is 3.91. The van der Waals surface area contributed by atoms with E-state index in [1.165, 1.54) is 0 Å². The molecule has 0 N–H and O–H groups in total. The maximum atomic E-state index is 11.2. The average Bonchev–Trinajstić information content (AvgIpc) is 2.30. The summed E-state index contributed by atoms with van der Waals surface area (Å²) in [4.78, 5) is 11.2. The SMILES string of the molecule is CCC(=O)OC1CC(C)(C)C(C)C1C. The summed E-state index contributed by atoms with van der Waals surface area (Å²) in [6.45, 7) is 10.8. The standard InChI is InChI=1S/C12H22O2/c1-6-11(13)14-10-7-12(4,5)9(3)8(10)2/h8-10H,6-7H2,1-5H3. The minimum atomic E-state index is -0.0632. The Morgan fingerprint density at radius 2 is 2.00 bits per heavy atom. The number of ether oxygens (including phenoxy) is 1. The Morgan fingerprint density at radius 3 is 2.36 bits per heavy atom. The van der Waals surface area contributed by atoms with Gasteiger partial charge >= 0.3 is 5.97 Å². The summed E-state index contributed by atoms with van der Waals surface area (Å²) in [5.74, 6) is 1.05. The molecule has 2 nitrogen and oxygen atoms in total. The number of carbonyl (C=O) groups is 1. The van der Waals surface area contributed by atoms with Crippen LogP contribution in [0.25, 0.3) is 0 Å². The first-order valence-corrected chi connectivity index (χ1v) is 5.58. The van der Waals surface area contributed by atoms with Gasteiger partial charge in [0.1, 0.15) is 6.10 Å². The largest absolute Gasteiger partial charge is 0.462 e. The number of hydrogen-bond donors (Lipinski definition) is 0. The van der Waals surface area contributed by atoms with Crippen molar-refractivity contribution in [2.45, 2.75) is 53.6 Å². The van der Waals surface area contributed by atoms with E-state index in [-0.39, 0.29) is 12.1 Å². The lowest BCUT2D eigenvalue weighted by Crippen LogP contribution is -2.21. The van der Waals surface area contributed by atoms with E-state index in [1.807, 2.05) is 6.92 Å². The second-order valence-corrected chi connectivity index (χ2v) is 5.22. The Morgan fingerprint density at radius 1 is 1.43 bits per heavy atom. The molecular formula is C12H22O2. The molecule has 1 fully saturated rings. The Hall–Kier alpha value is -0.530. The molecule has 0 radical (unpaired) electrons. The molecule has 3 atom stereocenters. The first-order valence-electron chi connectivity index (χ1n) is 5.58. The van der Waals surface area contributed by atoms with E-state index < -0.39 is 0 Å². The highest BCUT2D eigenvalue weighted by Crippen LogP contribution is 2.47. The smallest absolute Gasteiger partial charge is 0.305 e. The molecule has 0 bridgehead atoms. The van der Waals surface area contributed by atoms with Crippen molar-refractivity contribution in [3.05, 3.63) is 0 Å². The van der Waals surface area contributed by atoms with E-state index in [4.69, 9.17) is 4.74 Å². The zero-order valence-corrected chi connectivity index (χ0v) is 9.96. The molecule has 0 spiro atoms. The molecule has 0 saturated heterocycles. The minimum absolute atomic E-state index is 0.0632. The van der Waals surface area contributed by atoms with Gasteiger partial charge in [0.15, 0.2) is 0 Å². The summed E-state index contributed by atoms with van der Waals surface area (Å²) in [5.41, 5.74) is 0.304. The normalized spacial score (nSPS) is 35.6. The zero-order valence-electron chi connectivity index (χ0n) is 9.96. The molecule has 0 heterocycles. The van der Waals surface area contributed by atoms with Crippen LogP contribution in [0.1, 0.15) is 47.5 Å². The first kappa shape index (κ1) is 11.5. The average molecular weight is 198 g/mol. The molecule has 0 aromatic rings. The summed E-state index contributed by atoms with van der Waals surface area (Å²) >= 11 is 0. The van der Waals surface area contributed by atoms with Gasteiger partial charge in [-0.3, -0.25) is 4.79 Å². The van der Waals surface area contributed by atoms with Gasteiger partial charge in [-0.2, -0.15) is 0 Å². The van der Waals surface area contributed by atoms with Crippen LogP contribution in [0.2, 0.25) is 0 Å². The number of rotatable bonds is 2. The fourth-order valence-corrected chi connectivity index (χ4v) is 2.33. The number of hydrogen-bond acceptors (Lipinski definition) is 2. The van der Waals surface area contributed by atoms with Crippen LogP contribution in [0.15, 0.2) is 0 Å². The molecule has 3 unspecified atom stereocenters. The summed E-state index contributed by atoms with van der Waals surface area (Å²) < 4.78 is 5.44. The molecule has 0 aromatic carbocycles. The van der Waals surface area contributed by atoms with Crippen LogP contribution >= 0.6 is 0 Å². The predicted molar refractivity (Wildman–Crippen MR) is 56.9 cm³/mol. The second-order valence-electron chi connectivity index (χ2n) is 5.22. The summed E-state index contributed by atoms with van der Waals surface area (Å²) in [7, 11) is 0. The third-order valence-electron chi connectivity index (χ3n) is 3.91. The molecule has 14 heavy (non-hydrogen) atoms. The van der Waals surface area contributed by atoms with E-state index in [1.54, 1.807) is 0 Å². The van der Waals surface area contributed by atoms with Crippen molar-refractivity contribution in [2.24, 2.45) is 17.3 Å². The van der Waals surface area contributed by atoms with Crippen LogP contribution in [0, 0.1) is 17.3 Å². The Kier molecular flexibility index (Phi) is 3.23. The van der Waals surface area contributed by atoms with Gasteiger partial charge in [-0.15, -0.1) is 0 Å². The maximum Gasteiger partial charge on any atom is 0.305 e. The highest BCUT2D eigenvalue weighted by Gasteiger charge is 2.44. The van der Waals surface area contributed by atoms with Crippen LogP contribution in [-0.2, 0) is 9.53 Å². The summed E-state index contributed by atoms with van der Waals surface area (Å²) in [6, 6.07) is 0. The lowest BCUT2D eigenvalue weighted by Gasteiger charge is -2.24. The van der Waals surface area contributed by atoms with Crippen molar-refractivity contribution < 1.29 is 9.53 Å². The van der Waals surface area contributed by atoms with E-state index in [9.17, 15) is 4.79 Å². The fraction of sp³-hybridized carbons (Fsp3) is 0.917. The van der Waals surface area contributed by atoms with Crippen LogP contribution in [0.3, 0.4) is 0 Å².